The van der Waals surface area contributed by atoms with Gasteiger partial charge in [-0.15, -0.1) is 0 Å². The maximum Gasteiger partial charge on any atom is 0.331 e. The van der Waals surface area contributed by atoms with Gasteiger partial charge in [-0.25, -0.2) is 4.79 Å². The van der Waals surface area contributed by atoms with E-state index in [1.54, 1.807) is 13.0 Å². The van der Waals surface area contributed by atoms with Crippen LogP contribution in [0.15, 0.2) is 26.4 Å². The van der Waals surface area contributed by atoms with Gasteiger partial charge in [0.05, 0.1) is 12.1 Å². The molecule has 19 heavy (non-hydrogen) atoms. The second-order valence-corrected chi connectivity index (χ2v) is 4.30. The Morgan fingerprint density at radius 2 is 2.11 bits per heavy atom. The first-order valence-electron chi connectivity index (χ1n) is 5.63. The highest BCUT2D eigenvalue weighted by Crippen LogP contribution is 2.03. The zero-order valence-corrected chi connectivity index (χ0v) is 10.8. The second-order valence-electron chi connectivity index (χ2n) is 4.30. The molecule has 0 aromatic carbocycles. The lowest BCUT2D eigenvalue weighted by molar-refractivity contribution is 0.101. The van der Waals surface area contributed by atoms with E-state index in [1.165, 1.54) is 24.7 Å². The summed E-state index contributed by atoms with van der Waals surface area (Å²) in [7, 11) is 1.33. The van der Waals surface area contributed by atoms with Gasteiger partial charge in [0.2, 0.25) is 0 Å². The zero-order chi connectivity index (χ0) is 14.2. The topological polar surface area (TPSA) is 87.1 Å². The highest BCUT2D eigenvalue weighted by molar-refractivity contribution is 5.93. The Hall–Kier alpha value is -2.44. The first-order chi connectivity index (χ1) is 8.90. The SMILES string of the molecule is CC(=O)c1cn(Cc2cc(C)on2)c(=O)n(C)c1=O. The van der Waals surface area contributed by atoms with Crippen molar-refractivity contribution in [1.82, 2.24) is 14.3 Å². The van der Waals surface area contributed by atoms with E-state index in [0.29, 0.717) is 11.5 Å². The molecule has 0 saturated carbocycles. The fourth-order valence-electron chi connectivity index (χ4n) is 1.75. The van der Waals surface area contributed by atoms with Gasteiger partial charge < -0.3 is 4.52 Å². The number of rotatable bonds is 3. The Kier molecular flexibility index (Phi) is 3.20. The van der Waals surface area contributed by atoms with Crippen molar-refractivity contribution in [2.75, 3.05) is 0 Å². The van der Waals surface area contributed by atoms with E-state index in [4.69, 9.17) is 4.52 Å². The third kappa shape index (κ3) is 2.40. The molecule has 7 heteroatoms. The molecule has 0 bridgehead atoms. The van der Waals surface area contributed by atoms with Crippen molar-refractivity contribution in [3.8, 4) is 0 Å². The summed E-state index contributed by atoms with van der Waals surface area (Å²) in [6, 6.07) is 1.69. The summed E-state index contributed by atoms with van der Waals surface area (Å²) in [5.41, 5.74) is -0.573. The van der Waals surface area contributed by atoms with E-state index in [-0.39, 0.29) is 17.9 Å². The van der Waals surface area contributed by atoms with Crippen LogP contribution in [0, 0.1) is 6.92 Å². The van der Waals surface area contributed by atoms with Crippen molar-refractivity contribution >= 4 is 5.78 Å². The van der Waals surface area contributed by atoms with Gasteiger partial charge in [-0.05, 0) is 13.8 Å². The number of nitrogens with zero attached hydrogens (tertiary/aromatic N) is 3. The van der Waals surface area contributed by atoms with Crippen LogP contribution in [-0.4, -0.2) is 20.1 Å². The monoisotopic (exact) mass is 263 g/mol. The van der Waals surface area contributed by atoms with Crippen LogP contribution in [0.1, 0.15) is 28.7 Å². The molecule has 0 atom stereocenters. The van der Waals surface area contributed by atoms with E-state index in [2.05, 4.69) is 5.16 Å². The maximum atomic E-state index is 11.9. The molecular formula is C12H13N3O4. The van der Waals surface area contributed by atoms with Crippen LogP contribution >= 0.6 is 0 Å². The molecule has 0 amide bonds. The summed E-state index contributed by atoms with van der Waals surface area (Å²) in [4.78, 5) is 35.0. The summed E-state index contributed by atoms with van der Waals surface area (Å²) < 4.78 is 7.07. The standard InChI is InChI=1S/C12H13N3O4/c1-7-4-9(13-19-7)5-15-6-10(8(2)16)11(17)14(3)12(15)18/h4,6H,5H2,1-3H3. The van der Waals surface area contributed by atoms with Gasteiger partial charge in [0.25, 0.3) is 5.56 Å². The van der Waals surface area contributed by atoms with E-state index >= 15 is 0 Å². The number of carbonyl (C=O) groups is 1. The molecule has 100 valence electrons. The third-order valence-corrected chi connectivity index (χ3v) is 2.74. The summed E-state index contributed by atoms with van der Waals surface area (Å²) in [5, 5.41) is 3.77. The molecule has 0 fully saturated rings. The van der Waals surface area contributed by atoms with E-state index in [9.17, 15) is 14.4 Å². The van der Waals surface area contributed by atoms with Crippen LogP contribution in [0.2, 0.25) is 0 Å². The zero-order valence-electron chi connectivity index (χ0n) is 10.8. The summed E-state index contributed by atoms with van der Waals surface area (Å²) in [6.45, 7) is 3.16. The second kappa shape index (κ2) is 4.68. The molecule has 0 aliphatic rings. The first-order valence-corrected chi connectivity index (χ1v) is 5.63. The van der Waals surface area contributed by atoms with Gasteiger partial charge >= 0.3 is 5.69 Å². The lowest BCUT2D eigenvalue weighted by Gasteiger charge is -2.07. The van der Waals surface area contributed by atoms with Gasteiger partial charge in [0.1, 0.15) is 11.5 Å². The van der Waals surface area contributed by atoms with E-state index in [1.807, 2.05) is 0 Å². The van der Waals surface area contributed by atoms with Crippen LogP contribution in [-0.2, 0) is 13.6 Å². The number of Topliss-reactive ketones (excluding diaryl/α,β-unsaturated/α-hetero) is 1. The van der Waals surface area contributed by atoms with Crippen LogP contribution in [0.3, 0.4) is 0 Å². The Bertz CT molecular complexity index is 751. The highest BCUT2D eigenvalue weighted by atomic mass is 16.5. The molecule has 0 radical (unpaired) electrons. The molecule has 0 unspecified atom stereocenters. The van der Waals surface area contributed by atoms with Crippen molar-refractivity contribution < 1.29 is 9.32 Å². The quantitative estimate of drug-likeness (QED) is 0.733. The number of aromatic nitrogens is 3. The molecule has 0 spiro atoms. The van der Waals surface area contributed by atoms with Crippen molar-refractivity contribution in [3.63, 3.8) is 0 Å². The van der Waals surface area contributed by atoms with Gasteiger partial charge in [-0.2, -0.15) is 0 Å². The molecule has 2 rings (SSSR count). The van der Waals surface area contributed by atoms with Gasteiger partial charge in [0.15, 0.2) is 5.78 Å². The van der Waals surface area contributed by atoms with E-state index in [0.717, 1.165) is 4.57 Å². The molecule has 7 nitrogen and oxygen atoms in total. The van der Waals surface area contributed by atoms with Crippen molar-refractivity contribution in [3.05, 3.63) is 50.1 Å². The largest absolute Gasteiger partial charge is 0.361 e. The average Bonchev–Trinajstić information content (AvgIpc) is 2.75. The van der Waals surface area contributed by atoms with Gasteiger partial charge in [-0.3, -0.25) is 18.7 Å². The lowest BCUT2D eigenvalue weighted by atomic mass is 10.2. The minimum atomic E-state index is -0.593. The first kappa shape index (κ1) is 13.0. The van der Waals surface area contributed by atoms with Crippen LogP contribution < -0.4 is 11.2 Å². The number of carbonyl (C=O) groups excluding carboxylic acids is 1. The minimum Gasteiger partial charge on any atom is -0.361 e. The summed E-state index contributed by atoms with van der Waals surface area (Å²) >= 11 is 0. The fourth-order valence-corrected chi connectivity index (χ4v) is 1.75. The Morgan fingerprint density at radius 1 is 1.42 bits per heavy atom. The normalized spacial score (nSPS) is 10.7. The number of aryl methyl sites for hydroxylation is 1. The smallest absolute Gasteiger partial charge is 0.331 e. The van der Waals surface area contributed by atoms with Crippen molar-refractivity contribution in [1.29, 1.82) is 0 Å². The Morgan fingerprint density at radius 3 is 2.63 bits per heavy atom. The fraction of sp³-hybridized carbons (Fsp3) is 0.333. The highest BCUT2D eigenvalue weighted by Gasteiger charge is 2.13. The summed E-state index contributed by atoms with van der Waals surface area (Å²) in [6.07, 6.45) is 1.26. The summed E-state index contributed by atoms with van der Waals surface area (Å²) in [5.74, 6) is 0.241. The third-order valence-electron chi connectivity index (χ3n) is 2.74. The molecule has 2 aromatic heterocycles. The number of hydrogen-bond acceptors (Lipinski definition) is 5. The number of ketones is 1. The van der Waals surface area contributed by atoms with Crippen molar-refractivity contribution in [2.24, 2.45) is 7.05 Å². The molecule has 2 heterocycles. The predicted molar refractivity (Wildman–Crippen MR) is 66.3 cm³/mol. The van der Waals surface area contributed by atoms with Gasteiger partial charge in [0, 0.05) is 19.3 Å². The Labute approximate surface area is 108 Å². The number of hydrogen-bond donors (Lipinski definition) is 0. The molecule has 0 aliphatic carbocycles. The predicted octanol–water partition coefficient (Wildman–Crippen LogP) is 0.0943. The molecule has 0 aliphatic heterocycles. The minimum absolute atomic E-state index is 0.0256. The van der Waals surface area contributed by atoms with Crippen molar-refractivity contribution in [2.45, 2.75) is 20.4 Å². The maximum absolute atomic E-state index is 11.9. The van der Waals surface area contributed by atoms with E-state index < -0.39 is 11.2 Å². The molecule has 0 N–H and O–H groups in total. The van der Waals surface area contributed by atoms with Crippen LogP contribution in [0.4, 0.5) is 0 Å². The Balaban J connectivity index is 2.55. The van der Waals surface area contributed by atoms with Gasteiger partial charge in [-0.1, -0.05) is 5.16 Å². The molecular weight excluding hydrogens is 250 g/mol. The molecule has 2 aromatic rings. The van der Waals surface area contributed by atoms with Crippen LogP contribution in [0.5, 0.6) is 0 Å². The average molecular weight is 263 g/mol. The molecule has 0 saturated heterocycles. The van der Waals surface area contributed by atoms with Crippen LogP contribution in [0.25, 0.3) is 0 Å². The lowest BCUT2D eigenvalue weighted by Crippen LogP contribution is -2.40.